The fourth-order valence-electron chi connectivity index (χ4n) is 3.60. The van der Waals surface area contributed by atoms with Crippen LogP contribution < -0.4 is 10.2 Å². The minimum absolute atomic E-state index is 0.0346. The monoisotopic (exact) mass is 347 g/mol. The topological polar surface area (TPSA) is 81.6 Å². The molecular formula is C18H29N5O2. The van der Waals surface area contributed by atoms with Crippen LogP contribution in [0.25, 0.3) is 0 Å². The lowest BCUT2D eigenvalue weighted by molar-refractivity contribution is 0.0633. The van der Waals surface area contributed by atoms with Crippen LogP contribution in [0.1, 0.15) is 47.6 Å². The molecule has 25 heavy (non-hydrogen) atoms. The third kappa shape index (κ3) is 3.48. The molecule has 1 aromatic heterocycles. The van der Waals surface area contributed by atoms with Gasteiger partial charge in [-0.2, -0.15) is 0 Å². The average molecular weight is 347 g/mol. The Hall–Kier alpha value is -1.73. The van der Waals surface area contributed by atoms with Crippen LogP contribution in [-0.2, 0) is 0 Å². The number of aromatic nitrogens is 2. The van der Waals surface area contributed by atoms with Gasteiger partial charge in [0.1, 0.15) is 5.82 Å². The van der Waals surface area contributed by atoms with Gasteiger partial charge >= 0.3 is 0 Å². The van der Waals surface area contributed by atoms with Gasteiger partial charge in [-0.05, 0) is 53.6 Å². The molecule has 1 aliphatic heterocycles. The van der Waals surface area contributed by atoms with Crippen molar-refractivity contribution in [3.05, 3.63) is 17.1 Å². The van der Waals surface area contributed by atoms with Gasteiger partial charge in [0.2, 0.25) is 5.82 Å². The zero-order valence-corrected chi connectivity index (χ0v) is 15.7. The maximum Gasteiger partial charge on any atom is 0.289 e. The van der Waals surface area contributed by atoms with Crippen LogP contribution in [0.3, 0.4) is 0 Å². The molecule has 0 unspecified atom stereocenters. The zero-order valence-electron chi connectivity index (χ0n) is 15.7. The van der Waals surface area contributed by atoms with Gasteiger partial charge in [-0.15, -0.1) is 0 Å². The minimum Gasteiger partial charge on any atom is -0.394 e. The van der Waals surface area contributed by atoms with Crippen molar-refractivity contribution in [1.82, 2.24) is 20.2 Å². The number of likely N-dealkylation sites (N-methyl/N-ethyl adjacent to an activating group) is 1. The standard InChI is InChI=1S/C18H29N5O2/c1-12-13(2)19-15(17(25)21-18(11-24)7-5-8-18)20-16(12)23-9-6-14(10-23)22(3)4/h14,24H,5-11H2,1-4H3,(H,21,25)/t14-/m1/s1. The Morgan fingerprint density at radius 1 is 1.36 bits per heavy atom. The van der Waals surface area contributed by atoms with Crippen molar-refractivity contribution in [1.29, 1.82) is 0 Å². The van der Waals surface area contributed by atoms with Gasteiger partial charge in [-0.3, -0.25) is 4.79 Å². The molecule has 2 N–H and O–H groups in total. The zero-order chi connectivity index (χ0) is 18.2. The number of aryl methyl sites for hydroxylation is 1. The molecule has 138 valence electrons. The van der Waals surface area contributed by atoms with Crippen molar-refractivity contribution < 1.29 is 9.90 Å². The summed E-state index contributed by atoms with van der Waals surface area (Å²) in [6, 6.07) is 0.500. The van der Waals surface area contributed by atoms with Gasteiger partial charge in [0.25, 0.3) is 5.91 Å². The summed E-state index contributed by atoms with van der Waals surface area (Å²) >= 11 is 0. The quantitative estimate of drug-likeness (QED) is 0.823. The number of aliphatic hydroxyl groups is 1. The summed E-state index contributed by atoms with van der Waals surface area (Å²) in [6.07, 6.45) is 3.73. The normalized spacial score (nSPS) is 22.2. The van der Waals surface area contributed by atoms with E-state index >= 15 is 0 Å². The third-order valence-corrected chi connectivity index (χ3v) is 5.75. The minimum atomic E-state index is -0.483. The summed E-state index contributed by atoms with van der Waals surface area (Å²) in [5.74, 6) is 0.765. The second-order valence-electron chi connectivity index (χ2n) is 7.68. The molecule has 0 bridgehead atoms. The van der Waals surface area contributed by atoms with Crippen LogP contribution >= 0.6 is 0 Å². The van der Waals surface area contributed by atoms with Crippen molar-refractivity contribution in [2.24, 2.45) is 0 Å². The second kappa shape index (κ2) is 6.88. The molecular weight excluding hydrogens is 318 g/mol. The Morgan fingerprint density at radius 3 is 2.60 bits per heavy atom. The number of carbonyl (C=O) groups excluding carboxylic acids is 1. The number of amides is 1. The van der Waals surface area contributed by atoms with Crippen molar-refractivity contribution in [2.75, 3.05) is 38.7 Å². The first kappa shape index (κ1) is 18.1. The van der Waals surface area contributed by atoms with E-state index in [0.717, 1.165) is 55.8 Å². The van der Waals surface area contributed by atoms with Gasteiger partial charge in [0, 0.05) is 30.4 Å². The van der Waals surface area contributed by atoms with Crippen molar-refractivity contribution in [3.8, 4) is 0 Å². The van der Waals surface area contributed by atoms with E-state index in [0.29, 0.717) is 6.04 Å². The Kier molecular flexibility index (Phi) is 4.97. The van der Waals surface area contributed by atoms with Gasteiger partial charge in [0.05, 0.1) is 12.1 Å². The maximum atomic E-state index is 12.6. The lowest BCUT2D eigenvalue weighted by Crippen LogP contribution is -2.56. The molecule has 2 fully saturated rings. The van der Waals surface area contributed by atoms with Crippen molar-refractivity contribution >= 4 is 11.7 Å². The molecule has 0 spiro atoms. The maximum absolute atomic E-state index is 12.6. The molecule has 7 nitrogen and oxygen atoms in total. The average Bonchev–Trinajstić information content (AvgIpc) is 3.03. The Labute approximate surface area is 149 Å². The van der Waals surface area contributed by atoms with Crippen LogP contribution in [0.5, 0.6) is 0 Å². The number of nitrogens with zero attached hydrogens (tertiary/aromatic N) is 4. The summed E-state index contributed by atoms with van der Waals surface area (Å²) in [7, 11) is 4.19. The highest BCUT2D eigenvalue weighted by molar-refractivity contribution is 5.91. The van der Waals surface area contributed by atoms with Crippen molar-refractivity contribution in [2.45, 2.75) is 51.1 Å². The van der Waals surface area contributed by atoms with E-state index in [9.17, 15) is 9.90 Å². The van der Waals surface area contributed by atoms with E-state index in [4.69, 9.17) is 0 Å². The highest BCUT2D eigenvalue weighted by Gasteiger charge is 2.38. The molecule has 1 aliphatic carbocycles. The van der Waals surface area contributed by atoms with E-state index in [1.54, 1.807) is 0 Å². The molecule has 0 radical (unpaired) electrons. The molecule has 7 heteroatoms. The van der Waals surface area contributed by atoms with Gasteiger partial charge in [-0.1, -0.05) is 0 Å². The second-order valence-corrected chi connectivity index (χ2v) is 7.68. The summed E-state index contributed by atoms with van der Waals surface area (Å²) in [5.41, 5.74) is 1.37. The van der Waals surface area contributed by atoms with Crippen molar-refractivity contribution in [3.63, 3.8) is 0 Å². The molecule has 1 aromatic rings. The summed E-state index contributed by atoms with van der Waals surface area (Å²) in [4.78, 5) is 26.1. The largest absolute Gasteiger partial charge is 0.394 e. The highest BCUT2D eigenvalue weighted by Crippen LogP contribution is 2.31. The van der Waals surface area contributed by atoms with Crippen LogP contribution in [0.15, 0.2) is 0 Å². The van der Waals surface area contributed by atoms with E-state index in [2.05, 4.69) is 39.2 Å². The first-order valence-corrected chi connectivity index (χ1v) is 9.05. The third-order valence-electron chi connectivity index (χ3n) is 5.75. The molecule has 1 saturated heterocycles. The summed E-state index contributed by atoms with van der Waals surface area (Å²) in [5, 5.41) is 12.5. The van der Waals surface area contributed by atoms with Crippen LogP contribution in [0, 0.1) is 13.8 Å². The first-order valence-electron chi connectivity index (χ1n) is 9.05. The lowest BCUT2D eigenvalue weighted by Gasteiger charge is -2.40. The lowest BCUT2D eigenvalue weighted by atomic mass is 9.77. The van der Waals surface area contributed by atoms with Gasteiger partial charge < -0.3 is 20.2 Å². The number of anilines is 1. The smallest absolute Gasteiger partial charge is 0.289 e. The van der Waals surface area contributed by atoms with E-state index in [1.807, 2.05) is 13.8 Å². The Bertz CT molecular complexity index is 652. The molecule has 1 amide bonds. The number of aliphatic hydroxyl groups excluding tert-OH is 1. The molecule has 2 heterocycles. The van der Waals surface area contributed by atoms with E-state index in [-0.39, 0.29) is 18.3 Å². The molecule has 2 aliphatic rings. The predicted molar refractivity (Wildman–Crippen MR) is 96.9 cm³/mol. The fraction of sp³-hybridized carbons (Fsp3) is 0.722. The molecule has 1 atom stereocenters. The van der Waals surface area contributed by atoms with E-state index < -0.39 is 5.54 Å². The van der Waals surface area contributed by atoms with Crippen LogP contribution in [0.4, 0.5) is 5.82 Å². The van der Waals surface area contributed by atoms with Gasteiger partial charge in [-0.25, -0.2) is 9.97 Å². The van der Waals surface area contributed by atoms with E-state index in [1.165, 1.54) is 0 Å². The number of hydrogen-bond donors (Lipinski definition) is 2. The summed E-state index contributed by atoms with van der Waals surface area (Å²) < 4.78 is 0. The fourth-order valence-corrected chi connectivity index (χ4v) is 3.60. The van der Waals surface area contributed by atoms with Gasteiger partial charge in [0.15, 0.2) is 0 Å². The van der Waals surface area contributed by atoms with Crippen LogP contribution in [0.2, 0.25) is 0 Å². The SMILES string of the molecule is Cc1nc(C(=O)NC2(CO)CCC2)nc(N2CC[C@@H](N(C)C)C2)c1C. The molecule has 1 saturated carbocycles. The molecule has 0 aromatic carbocycles. The number of nitrogens with one attached hydrogen (secondary N) is 1. The number of carbonyl (C=O) groups is 1. The number of rotatable bonds is 5. The summed E-state index contributed by atoms with van der Waals surface area (Å²) in [6.45, 7) is 5.74. The van der Waals surface area contributed by atoms with Crippen LogP contribution in [-0.4, -0.2) is 71.3 Å². The first-order chi connectivity index (χ1) is 11.8. The highest BCUT2D eigenvalue weighted by atomic mass is 16.3. The molecule has 3 rings (SSSR count). The Balaban J connectivity index is 1.82. The Morgan fingerprint density at radius 2 is 2.08 bits per heavy atom. The predicted octanol–water partition coefficient (Wildman–Crippen LogP) is 0.879. The number of hydrogen-bond acceptors (Lipinski definition) is 6.